The summed E-state index contributed by atoms with van der Waals surface area (Å²) >= 11 is 7.11. The number of aromatic nitrogens is 4. The molecule has 4 N–H and O–H groups in total. The van der Waals surface area contributed by atoms with Gasteiger partial charge in [0, 0.05) is 62.5 Å². The highest BCUT2D eigenvalue weighted by atomic mass is 35.5. The van der Waals surface area contributed by atoms with Gasteiger partial charge in [0.1, 0.15) is 17.3 Å². The first-order valence-corrected chi connectivity index (χ1v) is 17.8. The molecule has 5 heterocycles. The van der Waals surface area contributed by atoms with Gasteiger partial charge in [0.2, 0.25) is 17.7 Å². The van der Waals surface area contributed by atoms with Gasteiger partial charge in [-0.1, -0.05) is 41.9 Å². The number of nitriles is 1. The largest absolute Gasteiger partial charge is 0.481 e. The lowest BCUT2D eigenvalue weighted by Gasteiger charge is -2.16. The summed E-state index contributed by atoms with van der Waals surface area (Å²) in [5.74, 6) is -0.531. The van der Waals surface area contributed by atoms with E-state index in [9.17, 15) is 20.0 Å². The van der Waals surface area contributed by atoms with E-state index in [1.807, 2.05) is 37.3 Å². The molecule has 0 saturated carbocycles. The van der Waals surface area contributed by atoms with Crippen LogP contribution in [0.5, 0.6) is 5.88 Å². The fraction of sp³-hybridized carbons (Fsp3) is 0.342. The number of carbonyl (C=O) groups excluding carboxylic acids is 1. The fourth-order valence-corrected chi connectivity index (χ4v) is 7.36. The number of benzene rings is 2. The zero-order valence-corrected chi connectivity index (χ0v) is 30.0. The van der Waals surface area contributed by atoms with Crippen molar-refractivity contribution in [1.82, 2.24) is 35.1 Å². The maximum atomic E-state index is 11.5. The normalized spacial score (nSPS) is 17.3. The van der Waals surface area contributed by atoms with E-state index < -0.39 is 11.9 Å². The molecule has 2 aliphatic heterocycles. The monoisotopic (exact) mass is 735 g/mol. The molecule has 0 aliphatic carbocycles. The molecule has 2 fully saturated rings. The van der Waals surface area contributed by atoms with E-state index >= 15 is 0 Å². The Bertz CT molecular complexity index is 2330. The third-order valence-corrected chi connectivity index (χ3v) is 10.4. The second-order valence-corrected chi connectivity index (χ2v) is 13.7. The number of carboxylic acids is 1. The van der Waals surface area contributed by atoms with Gasteiger partial charge in [-0.3, -0.25) is 20.0 Å². The number of fused-ring (bicyclic) bond motifs is 1. The molecule has 272 valence electrons. The second-order valence-electron chi connectivity index (χ2n) is 13.3. The molecule has 3 aromatic heterocycles. The fourth-order valence-electron chi connectivity index (χ4n) is 7.05. The minimum atomic E-state index is -0.798. The molecule has 0 bridgehead atoms. The summed E-state index contributed by atoms with van der Waals surface area (Å²) in [7, 11) is 1.56. The number of hydrogen-bond acceptors (Lipinski definition) is 11. The zero-order valence-electron chi connectivity index (χ0n) is 29.3. The van der Waals surface area contributed by atoms with Crippen molar-refractivity contribution in [3.63, 3.8) is 0 Å². The van der Waals surface area contributed by atoms with E-state index in [2.05, 4.69) is 31.6 Å². The molecule has 2 atom stereocenters. The quantitative estimate of drug-likeness (QED) is 0.141. The molecule has 2 saturated heterocycles. The number of aliphatic carboxylic acids is 1. The third kappa shape index (κ3) is 7.23. The number of likely N-dealkylation sites (tertiary alicyclic amines) is 1. The molecule has 0 radical (unpaired) electrons. The molecule has 2 aromatic carbocycles. The molecule has 15 heteroatoms. The number of carboxylic acid groups (broad SMARTS) is 1. The molecule has 0 spiro atoms. The van der Waals surface area contributed by atoms with Gasteiger partial charge in [-0.2, -0.15) is 5.26 Å². The maximum absolute atomic E-state index is 11.5. The van der Waals surface area contributed by atoms with Crippen molar-refractivity contribution < 1.29 is 23.8 Å². The Hall–Kier alpha value is -5.62. The predicted octanol–water partition coefficient (Wildman–Crippen LogP) is 4.52. The van der Waals surface area contributed by atoms with Gasteiger partial charge < -0.3 is 34.4 Å². The Kier molecular flexibility index (Phi) is 10.2. The van der Waals surface area contributed by atoms with Crippen LogP contribution in [0.15, 0.2) is 53.2 Å². The summed E-state index contributed by atoms with van der Waals surface area (Å²) in [6, 6.07) is 13.7. The number of pyridine rings is 1. The molecule has 2 aliphatic rings. The van der Waals surface area contributed by atoms with Crippen LogP contribution in [-0.2, 0) is 22.7 Å². The van der Waals surface area contributed by atoms with E-state index in [0.29, 0.717) is 80.0 Å². The first-order valence-electron chi connectivity index (χ1n) is 17.4. The number of rotatable bonds is 12. The Labute approximate surface area is 309 Å². The van der Waals surface area contributed by atoms with Gasteiger partial charge in [0.15, 0.2) is 16.6 Å². The van der Waals surface area contributed by atoms with Crippen LogP contribution in [0.25, 0.3) is 44.9 Å². The summed E-state index contributed by atoms with van der Waals surface area (Å²) in [5, 5.41) is 34.9. The Morgan fingerprint density at radius 3 is 2.66 bits per heavy atom. The van der Waals surface area contributed by atoms with Crippen LogP contribution >= 0.6 is 11.6 Å². The minimum Gasteiger partial charge on any atom is -0.481 e. The van der Waals surface area contributed by atoms with Crippen molar-refractivity contribution in [3.8, 4) is 45.8 Å². The molecule has 14 nitrogen and oxygen atoms in total. The summed E-state index contributed by atoms with van der Waals surface area (Å²) in [6.45, 7) is 5.10. The number of carbonyl (C=O) groups is 2. The van der Waals surface area contributed by atoms with Gasteiger partial charge in [-0.25, -0.2) is 9.97 Å². The highest BCUT2D eigenvalue weighted by Gasteiger charge is 2.28. The first-order chi connectivity index (χ1) is 25.6. The molecule has 5 aromatic rings. The average molecular weight is 736 g/mol. The number of amides is 1. The summed E-state index contributed by atoms with van der Waals surface area (Å²) in [6.07, 6.45) is 5.23. The van der Waals surface area contributed by atoms with Crippen LogP contribution in [0.4, 0.5) is 0 Å². The van der Waals surface area contributed by atoms with Crippen LogP contribution < -0.4 is 20.9 Å². The lowest BCUT2D eigenvalue weighted by Crippen LogP contribution is -2.35. The number of hydrogen-bond donors (Lipinski definition) is 4. The van der Waals surface area contributed by atoms with E-state index in [1.165, 1.54) is 0 Å². The highest BCUT2D eigenvalue weighted by Crippen LogP contribution is 2.40. The summed E-state index contributed by atoms with van der Waals surface area (Å²) in [5.41, 5.74) is 5.90. The number of oxazole rings is 1. The third-order valence-electron chi connectivity index (χ3n) is 9.97. The average Bonchev–Trinajstić information content (AvgIpc) is 3.93. The first kappa shape index (κ1) is 35.8. The lowest BCUT2D eigenvalue weighted by molar-refractivity contribution is -0.141. The highest BCUT2D eigenvalue weighted by molar-refractivity contribution is 6.36. The number of nitrogens with zero attached hydrogens (tertiary/aromatic N) is 6. The Morgan fingerprint density at radius 1 is 1.17 bits per heavy atom. The topological polar surface area (TPSA) is 195 Å². The SMILES string of the molecule is COc1nc(-c2cccc(-c3cccc(-c4nc5c(=N)n(CCN6CC[C@@H](C(=O)O)C6)cc(C#N)c5o4)c3Cl)c2C)cnc1CNC[C@@H]1CCC(=O)N1. The summed E-state index contributed by atoms with van der Waals surface area (Å²) in [4.78, 5) is 39.1. The molecule has 1 amide bonds. The predicted molar refractivity (Wildman–Crippen MR) is 196 cm³/mol. The van der Waals surface area contributed by atoms with E-state index in [1.54, 1.807) is 30.1 Å². The van der Waals surface area contributed by atoms with Gasteiger partial charge in [-0.15, -0.1) is 0 Å². The van der Waals surface area contributed by atoms with E-state index in [-0.39, 0.29) is 40.0 Å². The van der Waals surface area contributed by atoms with Crippen LogP contribution in [0, 0.1) is 29.6 Å². The second kappa shape index (κ2) is 15.2. The molecule has 53 heavy (non-hydrogen) atoms. The molecular weight excluding hydrogens is 698 g/mol. The maximum Gasteiger partial charge on any atom is 0.307 e. The van der Waals surface area contributed by atoms with Crippen molar-refractivity contribution in [2.75, 3.05) is 33.3 Å². The van der Waals surface area contributed by atoms with Crippen LogP contribution in [-0.4, -0.2) is 80.7 Å². The number of ether oxygens (including phenoxy) is 1. The van der Waals surface area contributed by atoms with Gasteiger partial charge >= 0.3 is 5.97 Å². The molecule has 7 rings (SSSR count). The van der Waals surface area contributed by atoms with Crippen molar-refractivity contribution in [1.29, 1.82) is 10.7 Å². The van der Waals surface area contributed by atoms with Crippen molar-refractivity contribution in [2.24, 2.45) is 5.92 Å². The van der Waals surface area contributed by atoms with Gasteiger partial charge in [0.05, 0.1) is 35.5 Å². The molecule has 0 unspecified atom stereocenters. The molecular formula is C38H38ClN9O5. The minimum absolute atomic E-state index is 0.0744. The summed E-state index contributed by atoms with van der Waals surface area (Å²) < 4.78 is 13.4. The van der Waals surface area contributed by atoms with Crippen molar-refractivity contribution >= 4 is 34.6 Å². The van der Waals surface area contributed by atoms with Crippen molar-refractivity contribution in [2.45, 2.75) is 45.3 Å². The lowest BCUT2D eigenvalue weighted by atomic mass is 9.94. The number of methoxy groups -OCH3 is 1. The Morgan fingerprint density at radius 2 is 1.94 bits per heavy atom. The smallest absolute Gasteiger partial charge is 0.307 e. The number of nitrogens with one attached hydrogen (secondary N) is 3. The van der Waals surface area contributed by atoms with Crippen LogP contribution in [0.3, 0.4) is 0 Å². The van der Waals surface area contributed by atoms with E-state index in [4.69, 9.17) is 31.1 Å². The standard InChI is InChI=1S/C38H38ClN9O5/c1-21-25(5-3-6-26(21)29-18-43-30(37(45-29)52-2)17-42-16-24-9-10-31(49)44-24)27-7-4-8-28(32(27)39)36-46-33-34(53-36)23(15-40)20-48(35(33)41)14-13-47-12-11-22(19-47)38(50)51/h3-8,18,20,22,24,41-42H,9-14,16-17,19H2,1-2H3,(H,44,49)(H,50,51)/t22-,24+/m1/s1. The zero-order chi connectivity index (χ0) is 37.2. The Balaban J connectivity index is 1.15. The van der Waals surface area contributed by atoms with E-state index in [0.717, 1.165) is 28.7 Å². The van der Waals surface area contributed by atoms with Crippen molar-refractivity contribution in [3.05, 3.63) is 76.1 Å². The van der Waals surface area contributed by atoms with Gasteiger partial charge in [-0.05, 0) is 43.5 Å². The number of halogens is 1. The van der Waals surface area contributed by atoms with Gasteiger partial charge in [0.25, 0.3) is 0 Å². The van der Waals surface area contributed by atoms with Crippen LogP contribution in [0.2, 0.25) is 5.02 Å². The van der Waals surface area contributed by atoms with Crippen LogP contribution in [0.1, 0.15) is 36.1 Å².